The molecule has 0 spiro atoms. The van der Waals surface area contributed by atoms with Crippen molar-refractivity contribution < 1.29 is 24.2 Å². The fourth-order valence-corrected chi connectivity index (χ4v) is 1.99. The van der Waals surface area contributed by atoms with E-state index in [9.17, 15) is 9.59 Å². The fraction of sp³-hybridized carbons (Fsp3) is 0.833. The summed E-state index contributed by atoms with van der Waals surface area (Å²) in [5, 5.41) is 9.01. The molecule has 0 radical (unpaired) electrons. The second kappa shape index (κ2) is 5.56. The molecular weight excluding hydrogens is 238 g/mol. The van der Waals surface area contributed by atoms with Gasteiger partial charge in [0.1, 0.15) is 5.60 Å². The third-order valence-corrected chi connectivity index (χ3v) is 2.75. The monoisotopic (exact) mass is 259 g/mol. The molecule has 1 N–H and O–H groups in total. The molecule has 1 fully saturated rings. The van der Waals surface area contributed by atoms with Crippen LogP contribution in [0.4, 0.5) is 4.79 Å². The van der Waals surface area contributed by atoms with E-state index in [2.05, 4.69) is 0 Å². The molecule has 2 atom stereocenters. The second-order valence-electron chi connectivity index (χ2n) is 5.51. The van der Waals surface area contributed by atoms with E-state index < -0.39 is 23.6 Å². The summed E-state index contributed by atoms with van der Waals surface area (Å²) in [6.45, 7) is 5.84. The lowest BCUT2D eigenvalue weighted by Gasteiger charge is -2.28. The van der Waals surface area contributed by atoms with Crippen molar-refractivity contribution in [3.63, 3.8) is 0 Å². The van der Waals surface area contributed by atoms with E-state index >= 15 is 0 Å². The van der Waals surface area contributed by atoms with E-state index in [1.165, 1.54) is 12.0 Å². The van der Waals surface area contributed by atoms with Gasteiger partial charge in [0.25, 0.3) is 0 Å². The number of carboxylic acid groups (broad SMARTS) is 1. The summed E-state index contributed by atoms with van der Waals surface area (Å²) in [6.07, 6.45) is -0.0733. The first kappa shape index (κ1) is 14.8. The molecule has 0 bridgehead atoms. The van der Waals surface area contributed by atoms with Crippen LogP contribution in [-0.2, 0) is 14.3 Å². The molecular formula is C12H21NO5. The van der Waals surface area contributed by atoms with Crippen LogP contribution in [0.5, 0.6) is 0 Å². The molecule has 18 heavy (non-hydrogen) atoms. The summed E-state index contributed by atoms with van der Waals surface area (Å²) in [5.41, 5.74) is -0.587. The van der Waals surface area contributed by atoms with Gasteiger partial charge in [0.15, 0.2) is 0 Å². The zero-order valence-corrected chi connectivity index (χ0v) is 11.3. The molecule has 1 rings (SSSR count). The lowest BCUT2D eigenvalue weighted by atomic mass is 10.1. The minimum atomic E-state index is -0.887. The quantitative estimate of drug-likeness (QED) is 0.827. The Hall–Kier alpha value is -1.30. The molecule has 0 aromatic heterocycles. The molecule has 1 heterocycles. The molecule has 6 heteroatoms. The molecule has 1 saturated heterocycles. The topological polar surface area (TPSA) is 76.1 Å². The highest BCUT2D eigenvalue weighted by Crippen LogP contribution is 2.25. The summed E-state index contributed by atoms with van der Waals surface area (Å²) in [4.78, 5) is 24.4. The van der Waals surface area contributed by atoms with E-state index in [4.69, 9.17) is 14.6 Å². The van der Waals surface area contributed by atoms with Crippen molar-refractivity contribution >= 4 is 12.1 Å². The van der Waals surface area contributed by atoms with E-state index in [0.717, 1.165) is 0 Å². The van der Waals surface area contributed by atoms with Crippen LogP contribution in [-0.4, -0.2) is 54.0 Å². The summed E-state index contributed by atoms with van der Waals surface area (Å²) in [7, 11) is 1.53. The minimum absolute atomic E-state index is 0.179. The van der Waals surface area contributed by atoms with Crippen molar-refractivity contribution in [3.05, 3.63) is 0 Å². The Balaban J connectivity index is 2.71. The number of rotatable bonds is 3. The first-order chi connectivity index (χ1) is 8.24. The number of hydrogen-bond acceptors (Lipinski definition) is 4. The summed E-state index contributed by atoms with van der Waals surface area (Å²) < 4.78 is 10.3. The first-order valence-corrected chi connectivity index (χ1v) is 5.96. The highest BCUT2D eigenvalue weighted by atomic mass is 16.6. The van der Waals surface area contributed by atoms with Crippen molar-refractivity contribution in [2.24, 2.45) is 5.92 Å². The van der Waals surface area contributed by atoms with Crippen LogP contribution in [0.1, 0.15) is 27.2 Å². The normalized spacial score (nSPS) is 24.1. The molecule has 0 aromatic rings. The Morgan fingerprint density at radius 2 is 2.00 bits per heavy atom. The SMILES string of the molecule is COC[C@@H]1C[C@@H](C(=O)O)CN1C(=O)OC(C)(C)C. The maximum absolute atomic E-state index is 12.0. The third-order valence-electron chi connectivity index (χ3n) is 2.75. The number of aliphatic carboxylic acids is 1. The van der Waals surface area contributed by atoms with Gasteiger partial charge in [0.2, 0.25) is 0 Å². The summed E-state index contributed by atoms with van der Waals surface area (Å²) in [5.74, 6) is -1.43. The fourth-order valence-electron chi connectivity index (χ4n) is 1.99. The largest absolute Gasteiger partial charge is 0.481 e. The van der Waals surface area contributed by atoms with Gasteiger partial charge in [0, 0.05) is 13.7 Å². The van der Waals surface area contributed by atoms with Gasteiger partial charge in [0.05, 0.1) is 18.6 Å². The van der Waals surface area contributed by atoms with Gasteiger partial charge < -0.3 is 19.5 Å². The Morgan fingerprint density at radius 3 is 2.44 bits per heavy atom. The lowest BCUT2D eigenvalue weighted by molar-refractivity contribution is -0.141. The number of carboxylic acids is 1. The minimum Gasteiger partial charge on any atom is -0.481 e. The van der Waals surface area contributed by atoms with Crippen LogP contribution in [0.3, 0.4) is 0 Å². The van der Waals surface area contributed by atoms with Gasteiger partial charge in [-0.15, -0.1) is 0 Å². The molecule has 1 aliphatic rings. The number of carbonyl (C=O) groups is 2. The standard InChI is InChI=1S/C12H21NO5/c1-12(2,3)18-11(16)13-6-8(10(14)15)5-9(13)7-17-4/h8-9H,5-7H2,1-4H3,(H,14,15)/t8-,9+/m1/s1. The Bertz CT molecular complexity index is 323. The van der Waals surface area contributed by atoms with Crippen LogP contribution in [0.2, 0.25) is 0 Å². The Morgan fingerprint density at radius 1 is 1.39 bits per heavy atom. The van der Waals surface area contributed by atoms with Gasteiger partial charge in [-0.2, -0.15) is 0 Å². The third kappa shape index (κ3) is 3.87. The van der Waals surface area contributed by atoms with Crippen LogP contribution >= 0.6 is 0 Å². The number of hydrogen-bond donors (Lipinski definition) is 1. The molecule has 6 nitrogen and oxygen atoms in total. The van der Waals surface area contributed by atoms with Gasteiger partial charge in [-0.25, -0.2) is 4.79 Å². The lowest BCUT2D eigenvalue weighted by Crippen LogP contribution is -2.41. The number of likely N-dealkylation sites (tertiary alicyclic amines) is 1. The van der Waals surface area contributed by atoms with Crippen molar-refractivity contribution in [1.29, 1.82) is 0 Å². The zero-order valence-electron chi connectivity index (χ0n) is 11.3. The van der Waals surface area contributed by atoms with E-state index in [1.807, 2.05) is 0 Å². The second-order valence-corrected chi connectivity index (χ2v) is 5.51. The highest BCUT2D eigenvalue weighted by Gasteiger charge is 2.40. The van der Waals surface area contributed by atoms with Crippen molar-refractivity contribution in [3.8, 4) is 0 Å². The van der Waals surface area contributed by atoms with Crippen LogP contribution < -0.4 is 0 Å². The molecule has 0 aromatic carbocycles. The van der Waals surface area contributed by atoms with Gasteiger partial charge >= 0.3 is 12.1 Å². The molecule has 0 unspecified atom stereocenters. The number of nitrogens with zero attached hydrogens (tertiary/aromatic N) is 1. The number of ether oxygens (including phenoxy) is 2. The van der Waals surface area contributed by atoms with E-state index in [-0.39, 0.29) is 12.6 Å². The van der Waals surface area contributed by atoms with Gasteiger partial charge in [-0.05, 0) is 27.2 Å². The van der Waals surface area contributed by atoms with Crippen LogP contribution in [0, 0.1) is 5.92 Å². The zero-order chi connectivity index (χ0) is 13.9. The smallest absolute Gasteiger partial charge is 0.410 e. The maximum Gasteiger partial charge on any atom is 0.410 e. The Kier molecular flexibility index (Phi) is 4.56. The molecule has 0 saturated carbocycles. The number of amides is 1. The summed E-state index contributed by atoms with van der Waals surface area (Å²) in [6, 6.07) is -0.231. The van der Waals surface area contributed by atoms with E-state index in [0.29, 0.717) is 13.0 Å². The first-order valence-electron chi connectivity index (χ1n) is 5.96. The van der Waals surface area contributed by atoms with Crippen LogP contribution in [0.25, 0.3) is 0 Å². The average Bonchev–Trinajstić information content (AvgIpc) is 2.59. The number of carbonyl (C=O) groups excluding carboxylic acids is 1. The van der Waals surface area contributed by atoms with Crippen molar-refractivity contribution in [2.45, 2.75) is 38.8 Å². The maximum atomic E-state index is 12.0. The van der Waals surface area contributed by atoms with Gasteiger partial charge in [-0.3, -0.25) is 4.79 Å². The molecule has 1 aliphatic heterocycles. The summed E-state index contributed by atoms with van der Waals surface area (Å²) >= 11 is 0. The van der Waals surface area contributed by atoms with Crippen LogP contribution in [0.15, 0.2) is 0 Å². The van der Waals surface area contributed by atoms with Crippen molar-refractivity contribution in [1.82, 2.24) is 4.90 Å². The van der Waals surface area contributed by atoms with Crippen molar-refractivity contribution in [2.75, 3.05) is 20.3 Å². The highest BCUT2D eigenvalue weighted by molar-refractivity contribution is 5.74. The molecule has 104 valence electrons. The molecule has 1 amide bonds. The molecule has 0 aliphatic carbocycles. The van der Waals surface area contributed by atoms with Gasteiger partial charge in [-0.1, -0.05) is 0 Å². The Labute approximate surface area is 107 Å². The average molecular weight is 259 g/mol. The van der Waals surface area contributed by atoms with E-state index in [1.54, 1.807) is 20.8 Å². The predicted molar refractivity (Wildman–Crippen MR) is 64.3 cm³/mol. The predicted octanol–water partition coefficient (Wildman–Crippen LogP) is 1.34. The number of methoxy groups -OCH3 is 1.